The molecular weight excluding hydrogens is 340 g/mol. The number of nitrogens with one attached hydrogen (secondary N) is 2. The summed E-state index contributed by atoms with van der Waals surface area (Å²) in [7, 11) is 0. The van der Waals surface area contributed by atoms with Gasteiger partial charge in [-0.15, -0.1) is 11.6 Å². The lowest BCUT2D eigenvalue weighted by Gasteiger charge is -2.12. The molecule has 0 aliphatic carbocycles. The standard InChI is InChI=1S/C15H12BrClN2O/c1-8-4-10(6-11(16)5-8)14(17)9-2-3-12-13(7-9)19-15(20)18-12/h2-7,14H,1H3,(H2,18,19,20). The van der Waals surface area contributed by atoms with Crippen molar-refractivity contribution in [2.75, 3.05) is 0 Å². The average Bonchev–Trinajstić information content (AvgIpc) is 2.75. The number of H-pyrrole nitrogens is 2. The van der Waals surface area contributed by atoms with Gasteiger partial charge in [0.15, 0.2) is 0 Å². The summed E-state index contributed by atoms with van der Waals surface area (Å²) in [5.41, 5.74) is 4.47. The molecule has 0 bridgehead atoms. The Bertz CT molecular complexity index is 817. The zero-order valence-corrected chi connectivity index (χ0v) is 13.0. The van der Waals surface area contributed by atoms with Crippen LogP contribution in [0, 0.1) is 6.92 Å². The van der Waals surface area contributed by atoms with Gasteiger partial charge in [0.05, 0.1) is 16.4 Å². The van der Waals surface area contributed by atoms with Crippen LogP contribution in [0.1, 0.15) is 22.1 Å². The molecule has 0 aliphatic heterocycles. The van der Waals surface area contributed by atoms with Crippen LogP contribution in [0.5, 0.6) is 0 Å². The molecule has 2 N–H and O–H groups in total. The third-order valence-corrected chi connectivity index (χ3v) is 4.15. The minimum Gasteiger partial charge on any atom is -0.306 e. The lowest BCUT2D eigenvalue weighted by atomic mass is 10.0. The molecule has 0 radical (unpaired) electrons. The van der Waals surface area contributed by atoms with Crippen molar-refractivity contribution >= 4 is 38.6 Å². The molecule has 0 fully saturated rings. The van der Waals surface area contributed by atoms with E-state index in [9.17, 15) is 4.79 Å². The van der Waals surface area contributed by atoms with E-state index < -0.39 is 0 Å². The van der Waals surface area contributed by atoms with Crippen LogP contribution in [-0.4, -0.2) is 9.97 Å². The number of alkyl halides is 1. The predicted molar refractivity (Wildman–Crippen MR) is 85.5 cm³/mol. The van der Waals surface area contributed by atoms with Crippen molar-refractivity contribution in [3.8, 4) is 0 Å². The van der Waals surface area contributed by atoms with E-state index in [0.29, 0.717) is 0 Å². The van der Waals surface area contributed by atoms with Crippen molar-refractivity contribution in [3.05, 3.63) is 68.0 Å². The first-order chi connectivity index (χ1) is 9.52. The minimum absolute atomic E-state index is 0.207. The first-order valence-electron chi connectivity index (χ1n) is 6.16. The molecule has 20 heavy (non-hydrogen) atoms. The number of aryl methyl sites for hydroxylation is 1. The van der Waals surface area contributed by atoms with Gasteiger partial charge < -0.3 is 9.97 Å². The van der Waals surface area contributed by atoms with Crippen LogP contribution < -0.4 is 5.69 Å². The molecule has 1 aromatic heterocycles. The number of hydrogen-bond donors (Lipinski definition) is 2. The lowest BCUT2D eigenvalue weighted by molar-refractivity contribution is 1.13. The molecule has 1 heterocycles. The summed E-state index contributed by atoms with van der Waals surface area (Å²) in [4.78, 5) is 16.7. The van der Waals surface area contributed by atoms with Gasteiger partial charge in [0, 0.05) is 4.47 Å². The number of imidazole rings is 1. The zero-order chi connectivity index (χ0) is 14.3. The zero-order valence-electron chi connectivity index (χ0n) is 10.7. The summed E-state index contributed by atoms with van der Waals surface area (Å²) >= 11 is 10.0. The normalized spacial score (nSPS) is 12.8. The second-order valence-corrected chi connectivity index (χ2v) is 6.16. The SMILES string of the molecule is Cc1cc(Br)cc(C(Cl)c2ccc3[nH]c(=O)[nH]c3c2)c1. The third-order valence-electron chi connectivity index (χ3n) is 3.19. The van der Waals surface area contributed by atoms with Crippen molar-refractivity contribution in [3.63, 3.8) is 0 Å². The van der Waals surface area contributed by atoms with Gasteiger partial charge in [-0.25, -0.2) is 4.79 Å². The molecule has 0 saturated carbocycles. The number of aromatic nitrogens is 2. The van der Waals surface area contributed by atoms with Crippen LogP contribution in [0.3, 0.4) is 0 Å². The lowest BCUT2D eigenvalue weighted by Crippen LogP contribution is -1.99. The first-order valence-corrected chi connectivity index (χ1v) is 7.39. The van der Waals surface area contributed by atoms with E-state index in [-0.39, 0.29) is 11.1 Å². The molecule has 3 aromatic rings. The van der Waals surface area contributed by atoms with E-state index in [0.717, 1.165) is 32.2 Å². The van der Waals surface area contributed by atoms with Crippen molar-refractivity contribution in [1.29, 1.82) is 0 Å². The molecule has 2 aromatic carbocycles. The molecule has 0 amide bonds. The maximum Gasteiger partial charge on any atom is 0.323 e. The number of rotatable bonds is 2. The number of aromatic amines is 2. The Morgan fingerprint density at radius 1 is 1.05 bits per heavy atom. The second-order valence-electron chi connectivity index (χ2n) is 4.81. The average molecular weight is 352 g/mol. The Hall–Kier alpha value is -1.52. The summed E-state index contributed by atoms with van der Waals surface area (Å²) < 4.78 is 1.01. The third kappa shape index (κ3) is 2.53. The van der Waals surface area contributed by atoms with Crippen LogP contribution in [-0.2, 0) is 0 Å². The minimum atomic E-state index is -0.256. The van der Waals surface area contributed by atoms with E-state index in [1.165, 1.54) is 0 Å². The highest BCUT2D eigenvalue weighted by Crippen LogP contribution is 2.32. The van der Waals surface area contributed by atoms with Crippen molar-refractivity contribution in [1.82, 2.24) is 9.97 Å². The van der Waals surface area contributed by atoms with Gasteiger partial charge in [0.25, 0.3) is 0 Å². The Morgan fingerprint density at radius 3 is 2.55 bits per heavy atom. The topological polar surface area (TPSA) is 48.6 Å². The van der Waals surface area contributed by atoms with Gasteiger partial charge in [-0.3, -0.25) is 0 Å². The van der Waals surface area contributed by atoms with Gasteiger partial charge >= 0.3 is 5.69 Å². The van der Waals surface area contributed by atoms with Gasteiger partial charge in [0.1, 0.15) is 0 Å². The van der Waals surface area contributed by atoms with E-state index in [1.54, 1.807) is 0 Å². The van der Waals surface area contributed by atoms with Crippen molar-refractivity contribution < 1.29 is 0 Å². The molecule has 0 aliphatic rings. The molecule has 5 heteroatoms. The van der Waals surface area contributed by atoms with E-state index >= 15 is 0 Å². The largest absolute Gasteiger partial charge is 0.323 e. The molecule has 102 valence electrons. The molecule has 1 unspecified atom stereocenters. The van der Waals surface area contributed by atoms with Crippen LogP contribution in [0.4, 0.5) is 0 Å². The quantitative estimate of drug-likeness (QED) is 0.666. The summed E-state index contributed by atoms with van der Waals surface area (Å²) in [6.45, 7) is 2.03. The molecule has 0 spiro atoms. The van der Waals surface area contributed by atoms with E-state index in [2.05, 4.69) is 32.0 Å². The van der Waals surface area contributed by atoms with Gasteiger partial charge in [0.2, 0.25) is 0 Å². The van der Waals surface area contributed by atoms with E-state index in [1.807, 2.05) is 37.3 Å². The van der Waals surface area contributed by atoms with E-state index in [4.69, 9.17) is 11.6 Å². The highest BCUT2D eigenvalue weighted by molar-refractivity contribution is 9.10. The second kappa shape index (κ2) is 5.11. The Balaban J connectivity index is 2.06. The fourth-order valence-corrected chi connectivity index (χ4v) is 3.20. The summed E-state index contributed by atoms with van der Waals surface area (Å²) in [5, 5.41) is -0.256. The molecule has 1 atom stereocenters. The number of benzene rings is 2. The van der Waals surface area contributed by atoms with Crippen LogP contribution in [0.25, 0.3) is 11.0 Å². The fourth-order valence-electron chi connectivity index (χ4n) is 2.31. The monoisotopic (exact) mass is 350 g/mol. The van der Waals surface area contributed by atoms with Crippen LogP contribution in [0.2, 0.25) is 0 Å². The Kier molecular flexibility index (Phi) is 3.44. The predicted octanol–water partition coefficient (Wildman–Crippen LogP) is 4.26. The van der Waals surface area contributed by atoms with Crippen molar-refractivity contribution in [2.24, 2.45) is 0 Å². The summed E-state index contributed by atoms with van der Waals surface area (Å²) in [5.74, 6) is 0. The number of halogens is 2. The number of hydrogen-bond acceptors (Lipinski definition) is 1. The smallest absolute Gasteiger partial charge is 0.306 e. The molecule has 3 nitrogen and oxygen atoms in total. The van der Waals surface area contributed by atoms with Gasteiger partial charge in [-0.2, -0.15) is 0 Å². The Labute approximate surface area is 129 Å². The maximum atomic E-state index is 11.3. The van der Waals surface area contributed by atoms with Gasteiger partial charge in [-0.05, 0) is 47.9 Å². The molecule has 0 saturated heterocycles. The highest BCUT2D eigenvalue weighted by atomic mass is 79.9. The maximum absolute atomic E-state index is 11.3. The highest BCUT2D eigenvalue weighted by Gasteiger charge is 2.13. The summed E-state index contributed by atoms with van der Waals surface area (Å²) in [6, 6.07) is 11.8. The first kappa shape index (κ1) is 13.5. The van der Waals surface area contributed by atoms with Crippen LogP contribution >= 0.6 is 27.5 Å². The number of fused-ring (bicyclic) bond motifs is 1. The van der Waals surface area contributed by atoms with Crippen LogP contribution in [0.15, 0.2) is 45.7 Å². The Morgan fingerprint density at radius 2 is 1.80 bits per heavy atom. The fraction of sp³-hybridized carbons (Fsp3) is 0.133. The molecular formula is C15H12BrClN2O. The van der Waals surface area contributed by atoms with Gasteiger partial charge in [-0.1, -0.05) is 28.1 Å². The van der Waals surface area contributed by atoms with Crippen molar-refractivity contribution in [2.45, 2.75) is 12.3 Å². The summed E-state index contributed by atoms with van der Waals surface area (Å²) in [6.07, 6.45) is 0. The molecule has 3 rings (SSSR count).